The number of hydrogen-bond acceptors (Lipinski definition) is 4. The maximum Gasteiger partial charge on any atom is 0.230 e. The number of carbonyl (C=O) groups excluding carboxylic acids is 1. The Kier molecular flexibility index (Phi) is 6.26. The molecule has 2 atom stereocenters. The van der Waals surface area contributed by atoms with Crippen LogP contribution in [0.15, 0.2) is 59.1 Å². The summed E-state index contributed by atoms with van der Waals surface area (Å²) in [6, 6.07) is 18.2. The molecular formula is C25H29N3O2. The van der Waals surface area contributed by atoms with Crippen molar-refractivity contribution < 1.29 is 9.32 Å². The molecule has 5 nitrogen and oxygen atoms in total. The van der Waals surface area contributed by atoms with Gasteiger partial charge in [-0.05, 0) is 43.2 Å². The van der Waals surface area contributed by atoms with Gasteiger partial charge in [0.1, 0.15) is 0 Å². The summed E-state index contributed by atoms with van der Waals surface area (Å²) in [7, 11) is 0. The van der Waals surface area contributed by atoms with Crippen LogP contribution in [-0.2, 0) is 11.2 Å². The fourth-order valence-electron chi connectivity index (χ4n) is 4.41. The highest BCUT2D eigenvalue weighted by molar-refractivity contribution is 5.83. The van der Waals surface area contributed by atoms with Crippen molar-refractivity contribution in [2.45, 2.75) is 45.4 Å². The Morgan fingerprint density at radius 2 is 1.93 bits per heavy atom. The lowest BCUT2D eigenvalue weighted by Crippen LogP contribution is -2.42. The molecule has 1 amide bonds. The molecule has 1 aromatic heterocycles. The van der Waals surface area contributed by atoms with Gasteiger partial charge in [-0.3, -0.25) is 4.79 Å². The summed E-state index contributed by atoms with van der Waals surface area (Å²) in [6.07, 6.45) is 3.62. The average Bonchev–Trinajstić information content (AvgIpc) is 3.23. The summed E-state index contributed by atoms with van der Waals surface area (Å²) >= 11 is 0. The van der Waals surface area contributed by atoms with E-state index in [2.05, 4.69) is 29.2 Å². The molecule has 0 aliphatic carbocycles. The van der Waals surface area contributed by atoms with Crippen LogP contribution in [0.2, 0.25) is 0 Å². The predicted octanol–water partition coefficient (Wildman–Crippen LogP) is 5.02. The van der Waals surface area contributed by atoms with Crippen LogP contribution in [0.4, 0.5) is 0 Å². The number of benzene rings is 2. The SMILES string of the molecule is CC[C@@H](C(=O)N1CCC[C@@H](Cc2nc(-c3ccccc3C)no2)C1)c1ccccc1. The summed E-state index contributed by atoms with van der Waals surface area (Å²) in [5.74, 6) is 1.81. The van der Waals surface area contributed by atoms with E-state index < -0.39 is 0 Å². The Balaban J connectivity index is 1.42. The number of aromatic nitrogens is 2. The monoisotopic (exact) mass is 403 g/mol. The van der Waals surface area contributed by atoms with Crippen molar-refractivity contribution in [3.8, 4) is 11.4 Å². The lowest BCUT2D eigenvalue weighted by atomic mass is 9.91. The third-order valence-corrected chi connectivity index (χ3v) is 6.06. The van der Waals surface area contributed by atoms with Crippen LogP contribution in [-0.4, -0.2) is 34.0 Å². The largest absolute Gasteiger partial charge is 0.342 e. The fraction of sp³-hybridized carbons (Fsp3) is 0.400. The third-order valence-electron chi connectivity index (χ3n) is 6.06. The molecule has 1 fully saturated rings. The van der Waals surface area contributed by atoms with Crippen molar-refractivity contribution in [2.75, 3.05) is 13.1 Å². The van der Waals surface area contributed by atoms with Crippen molar-refractivity contribution in [1.29, 1.82) is 0 Å². The molecule has 1 aliphatic heterocycles. The molecule has 3 aromatic rings. The first-order valence-electron chi connectivity index (χ1n) is 10.9. The molecule has 0 N–H and O–H groups in total. The van der Waals surface area contributed by atoms with Crippen LogP contribution in [0.1, 0.15) is 49.1 Å². The van der Waals surface area contributed by atoms with E-state index in [1.165, 1.54) is 0 Å². The van der Waals surface area contributed by atoms with E-state index in [-0.39, 0.29) is 11.8 Å². The summed E-state index contributed by atoms with van der Waals surface area (Å²) in [5, 5.41) is 4.18. The Hall–Kier alpha value is -2.95. The number of aryl methyl sites for hydroxylation is 1. The molecule has 0 spiro atoms. The van der Waals surface area contributed by atoms with Crippen molar-refractivity contribution in [3.63, 3.8) is 0 Å². The van der Waals surface area contributed by atoms with Gasteiger partial charge in [0.15, 0.2) is 0 Å². The Morgan fingerprint density at radius 3 is 2.70 bits per heavy atom. The Bertz CT molecular complexity index is 983. The number of hydrogen-bond donors (Lipinski definition) is 0. The lowest BCUT2D eigenvalue weighted by molar-refractivity contribution is -0.134. The summed E-state index contributed by atoms with van der Waals surface area (Å²) in [5.41, 5.74) is 3.24. The van der Waals surface area contributed by atoms with E-state index in [0.29, 0.717) is 24.1 Å². The zero-order chi connectivity index (χ0) is 20.9. The van der Waals surface area contributed by atoms with E-state index in [9.17, 15) is 4.79 Å². The number of amides is 1. The minimum absolute atomic E-state index is 0.0685. The van der Waals surface area contributed by atoms with E-state index in [0.717, 1.165) is 49.0 Å². The highest BCUT2D eigenvalue weighted by Crippen LogP contribution is 2.27. The first-order chi connectivity index (χ1) is 14.7. The maximum absolute atomic E-state index is 13.2. The van der Waals surface area contributed by atoms with Gasteiger partial charge in [0, 0.05) is 25.1 Å². The molecule has 2 aromatic carbocycles. The standard InChI is InChI=1S/C25H29N3O2/c1-3-21(20-12-5-4-6-13-20)25(29)28-15-9-11-19(17-28)16-23-26-24(27-30-23)22-14-8-7-10-18(22)2/h4-8,10,12-14,19,21H,3,9,11,15-17H2,1-2H3/t19-,21+/m0/s1. The maximum atomic E-state index is 13.2. The molecule has 1 saturated heterocycles. The lowest BCUT2D eigenvalue weighted by Gasteiger charge is -2.34. The van der Waals surface area contributed by atoms with Crippen LogP contribution in [0.3, 0.4) is 0 Å². The van der Waals surface area contributed by atoms with Crippen molar-refractivity contribution in [3.05, 3.63) is 71.6 Å². The van der Waals surface area contributed by atoms with Gasteiger partial charge >= 0.3 is 0 Å². The first-order valence-corrected chi connectivity index (χ1v) is 10.9. The minimum atomic E-state index is -0.0685. The average molecular weight is 404 g/mol. The van der Waals surface area contributed by atoms with Gasteiger partial charge in [-0.25, -0.2) is 0 Å². The molecule has 2 heterocycles. The molecule has 0 bridgehead atoms. The Morgan fingerprint density at radius 1 is 1.17 bits per heavy atom. The van der Waals surface area contributed by atoms with Crippen molar-refractivity contribution in [2.24, 2.45) is 5.92 Å². The molecule has 0 radical (unpaired) electrons. The second-order valence-corrected chi connectivity index (χ2v) is 8.19. The molecule has 5 heteroatoms. The normalized spacial score (nSPS) is 17.7. The molecule has 30 heavy (non-hydrogen) atoms. The second kappa shape index (κ2) is 9.24. The van der Waals surface area contributed by atoms with Gasteiger partial charge in [0.05, 0.1) is 5.92 Å². The number of piperidine rings is 1. The number of nitrogens with zero attached hydrogens (tertiary/aromatic N) is 3. The van der Waals surface area contributed by atoms with Gasteiger partial charge in [0.2, 0.25) is 17.6 Å². The molecule has 4 rings (SSSR count). The molecule has 0 unspecified atom stereocenters. The predicted molar refractivity (Wildman–Crippen MR) is 117 cm³/mol. The van der Waals surface area contributed by atoms with Gasteiger partial charge < -0.3 is 9.42 Å². The second-order valence-electron chi connectivity index (χ2n) is 8.19. The zero-order valence-corrected chi connectivity index (χ0v) is 17.8. The molecule has 1 aliphatic rings. The van der Waals surface area contributed by atoms with Crippen molar-refractivity contribution in [1.82, 2.24) is 15.0 Å². The van der Waals surface area contributed by atoms with Crippen LogP contribution >= 0.6 is 0 Å². The van der Waals surface area contributed by atoms with Crippen LogP contribution in [0, 0.1) is 12.8 Å². The smallest absolute Gasteiger partial charge is 0.230 e. The first kappa shape index (κ1) is 20.3. The van der Waals surface area contributed by atoms with Gasteiger partial charge in [0.25, 0.3) is 0 Å². The summed E-state index contributed by atoms with van der Waals surface area (Å²) in [4.78, 5) is 19.9. The van der Waals surface area contributed by atoms with Crippen LogP contribution in [0.5, 0.6) is 0 Å². The van der Waals surface area contributed by atoms with Gasteiger partial charge in [-0.2, -0.15) is 4.98 Å². The van der Waals surface area contributed by atoms with Crippen LogP contribution < -0.4 is 0 Å². The number of likely N-dealkylation sites (tertiary alicyclic amines) is 1. The number of carbonyl (C=O) groups is 1. The van der Waals surface area contributed by atoms with Gasteiger partial charge in [-0.15, -0.1) is 0 Å². The topological polar surface area (TPSA) is 59.2 Å². The summed E-state index contributed by atoms with van der Waals surface area (Å²) < 4.78 is 5.55. The Labute approximate surface area is 178 Å². The number of rotatable bonds is 6. The van der Waals surface area contributed by atoms with E-state index in [4.69, 9.17) is 4.52 Å². The minimum Gasteiger partial charge on any atom is -0.342 e. The van der Waals surface area contributed by atoms with E-state index >= 15 is 0 Å². The van der Waals surface area contributed by atoms with Crippen LogP contribution in [0.25, 0.3) is 11.4 Å². The third kappa shape index (κ3) is 4.45. The van der Waals surface area contributed by atoms with Gasteiger partial charge in [-0.1, -0.05) is 66.7 Å². The quantitative estimate of drug-likeness (QED) is 0.580. The molecule has 156 valence electrons. The summed E-state index contributed by atoms with van der Waals surface area (Å²) in [6.45, 7) is 5.72. The zero-order valence-electron chi connectivity index (χ0n) is 17.8. The van der Waals surface area contributed by atoms with E-state index in [1.54, 1.807) is 0 Å². The fourth-order valence-corrected chi connectivity index (χ4v) is 4.41. The highest BCUT2D eigenvalue weighted by Gasteiger charge is 2.30. The molecule has 0 saturated carbocycles. The highest BCUT2D eigenvalue weighted by atomic mass is 16.5. The van der Waals surface area contributed by atoms with Crippen molar-refractivity contribution >= 4 is 5.91 Å². The van der Waals surface area contributed by atoms with E-state index in [1.807, 2.05) is 54.3 Å². The molecular weight excluding hydrogens is 374 g/mol.